The zero-order valence-electron chi connectivity index (χ0n) is 11.2. The Balaban J connectivity index is 3.93. The molecule has 1 N–H and O–H groups in total. The third-order valence-corrected chi connectivity index (χ3v) is 2.44. The topological polar surface area (TPSA) is 24.5 Å². The van der Waals surface area contributed by atoms with Crippen LogP contribution in [0.2, 0.25) is 0 Å². The molecule has 0 aromatic heterocycles. The van der Waals surface area contributed by atoms with Crippen LogP contribution in [0.15, 0.2) is 0 Å². The van der Waals surface area contributed by atoms with Crippen molar-refractivity contribution < 1.29 is 4.74 Å². The second-order valence-electron chi connectivity index (χ2n) is 4.84. The maximum atomic E-state index is 5.40. The van der Waals surface area contributed by atoms with Crippen LogP contribution in [0.25, 0.3) is 0 Å². The van der Waals surface area contributed by atoms with Gasteiger partial charge in [0, 0.05) is 25.2 Å². The molecular weight excluding hydrogens is 188 g/mol. The highest BCUT2D eigenvalue weighted by molar-refractivity contribution is 4.76. The molecule has 0 aliphatic carbocycles. The average Bonchev–Trinajstić information content (AvgIpc) is 2.12. The molecule has 0 aromatic rings. The van der Waals surface area contributed by atoms with E-state index in [1.807, 2.05) is 6.92 Å². The smallest absolute Gasteiger partial charge is 0.0616 e. The molecule has 0 bridgehead atoms. The Morgan fingerprint density at radius 1 is 1.20 bits per heavy atom. The van der Waals surface area contributed by atoms with Gasteiger partial charge in [-0.15, -0.1) is 0 Å². The first kappa shape index (κ1) is 14.9. The average molecular weight is 216 g/mol. The number of nitrogens with zero attached hydrogens (tertiary/aromatic N) is 1. The monoisotopic (exact) mass is 216 g/mol. The second kappa shape index (κ2) is 8.08. The fraction of sp³-hybridized carbons (Fsp3) is 1.00. The number of ether oxygens (including phenoxy) is 1. The van der Waals surface area contributed by atoms with Crippen molar-refractivity contribution in [2.75, 3.05) is 33.9 Å². The fourth-order valence-electron chi connectivity index (χ4n) is 1.56. The molecule has 2 atom stereocenters. The maximum Gasteiger partial charge on any atom is 0.0616 e. The lowest BCUT2D eigenvalue weighted by Gasteiger charge is -2.28. The summed E-state index contributed by atoms with van der Waals surface area (Å²) < 4.78 is 5.40. The van der Waals surface area contributed by atoms with Gasteiger partial charge in [-0.2, -0.15) is 0 Å². The zero-order chi connectivity index (χ0) is 11.8. The van der Waals surface area contributed by atoms with E-state index in [1.54, 1.807) is 0 Å². The molecule has 3 heteroatoms. The lowest BCUT2D eigenvalue weighted by molar-refractivity contribution is 0.117. The SMILES string of the molecule is CCOCC(C)NC(CN(C)C)C(C)C. The Morgan fingerprint density at radius 2 is 1.80 bits per heavy atom. The van der Waals surface area contributed by atoms with E-state index in [-0.39, 0.29) is 0 Å². The predicted octanol–water partition coefficient (Wildman–Crippen LogP) is 1.59. The normalized spacial score (nSPS) is 16.0. The minimum absolute atomic E-state index is 0.428. The molecule has 0 radical (unpaired) electrons. The van der Waals surface area contributed by atoms with E-state index in [4.69, 9.17) is 4.74 Å². The Bertz CT molecular complexity index is 149. The fourth-order valence-corrected chi connectivity index (χ4v) is 1.56. The summed E-state index contributed by atoms with van der Waals surface area (Å²) in [5.74, 6) is 0.650. The van der Waals surface area contributed by atoms with Gasteiger partial charge in [-0.25, -0.2) is 0 Å². The third kappa shape index (κ3) is 7.77. The molecule has 0 amide bonds. The number of hydrogen-bond acceptors (Lipinski definition) is 3. The first-order valence-corrected chi connectivity index (χ1v) is 5.95. The summed E-state index contributed by atoms with van der Waals surface area (Å²) in [6.45, 7) is 11.4. The molecule has 0 spiro atoms. The van der Waals surface area contributed by atoms with Crippen LogP contribution < -0.4 is 5.32 Å². The Labute approximate surface area is 95.2 Å². The molecule has 0 rings (SSSR count). The third-order valence-electron chi connectivity index (χ3n) is 2.44. The standard InChI is InChI=1S/C12H28N2O/c1-7-15-9-11(4)13-12(10(2)3)8-14(5)6/h10-13H,7-9H2,1-6H3. The summed E-state index contributed by atoms with van der Waals surface area (Å²) in [5, 5.41) is 3.62. The second-order valence-corrected chi connectivity index (χ2v) is 4.84. The van der Waals surface area contributed by atoms with Crippen molar-refractivity contribution in [3.8, 4) is 0 Å². The molecule has 0 aliphatic heterocycles. The summed E-state index contributed by atoms with van der Waals surface area (Å²) in [6.07, 6.45) is 0. The van der Waals surface area contributed by atoms with Gasteiger partial charge in [-0.3, -0.25) is 0 Å². The van der Waals surface area contributed by atoms with Gasteiger partial charge in [-0.1, -0.05) is 13.8 Å². The summed E-state index contributed by atoms with van der Waals surface area (Å²) in [7, 11) is 4.23. The molecule has 3 nitrogen and oxygen atoms in total. The highest BCUT2D eigenvalue weighted by atomic mass is 16.5. The highest BCUT2D eigenvalue weighted by Gasteiger charge is 2.16. The summed E-state index contributed by atoms with van der Waals surface area (Å²) >= 11 is 0. The number of rotatable bonds is 8. The quantitative estimate of drug-likeness (QED) is 0.667. The molecule has 0 aliphatic rings. The van der Waals surface area contributed by atoms with Crippen LogP contribution in [0.1, 0.15) is 27.7 Å². The summed E-state index contributed by atoms with van der Waals surface area (Å²) in [5.41, 5.74) is 0. The van der Waals surface area contributed by atoms with Crippen LogP contribution in [0.4, 0.5) is 0 Å². The van der Waals surface area contributed by atoms with Gasteiger partial charge >= 0.3 is 0 Å². The largest absolute Gasteiger partial charge is 0.380 e. The number of hydrogen-bond donors (Lipinski definition) is 1. The van der Waals surface area contributed by atoms with E-state index in [0.29, 0.717) is 18.0 Å². The molecule has 2 unspecified atom stereocenters. The van der Waals surface area contributed by atoms with Gasteiger partial charge in [0.2, 0.25) is 0 Å². The van der Waals surface area contributed by atoms with Gasteiger partial charge in [0.1, 0.15) is 0 Å². The first-order chi connectivity index (χ1) is 6.97. The minimum atomic E-state index is 0.428. The molecule has 0 heterocycles. The Kier molecular flexibility index (Phi) is 8.02. The van der Waals surface area contributed by atoms with Crippen LogP contribution >= 0.6 is 0 Å². The van der Waals surface area contributed by atoms with Crippen molar-refractivity contribution in [1.82, 2.24) is 10.2 Å². The van der Waals surface area contributed by atoms with E-state index in [0.717, 1.165) is 19.8 Å². The van der Waals surface area contributed by atoms with E-state index in [2.05, 4.69) is 45.1 Å². The highest BCUT2D eigenvalue weighted by Crippen LogP contribution is 2.04. The minimum Gasteiger partial charge on any atom is -0.380 e. The van der Waals surface area contributed by atoms with Crippen molar-refractivity contribution in [2.24, 2.45) is 5.92 Å². The van der Waals surface area contributed by atoms with Gasteiger partial charge in [-0.05, 0) is 33.9 Å². The van der Waals surface area contributed by atoms with Crippen LogP contribution in [-0.2, 0) is 4.74 Å². The van der Waals surface area contributed by atoms with Gasteiger partial charge in [0.25, 0.3) is 0 Å². The molecule has 0 saturated heterocycles. The first-order valence-electron chi connectivity index (χ1n) is 5.95. The van der Waals surface area contributed by atoms with Crippen molar-refractivity contribution in [3.63, 3.8) is 0 Å². The van der Waals surface area contributed by atoms with Gasteiger partial charge < -0.3 is 15.0 Å². The number of nitrogens with one attached hydrogen (secondary N) is 1. The zero-order valence-corrected chi connectivity index (χ0v) is 11.2. The van der Waals surface area contributed by atoms with E-state index in [1.165, 1.54) is 0 Å². The van der Waals surface area contributed by atoms with Crippen LogP contribution in [0.3, 0.4) is 0 Å². The van der Waals surface area contributed by atoms with E-state index >= 15 is 0 Å². The maximum absolute atomic E-state index is 5.40. The molecular formula is C12H28N2O. The molecule has 0 aromatic carbocycles. The lowest BCUT2D eigenvalue weighted by atomic mass is 10.0. The summed E-state index contributed by atoms with van der Waals surface area (Å²) in [4.78, 5) is 2.23. The van der Waals surface area contributed by atoms with Crippen LogP contribution in [-0.4, -0.2) is 50.8 Å². The summed E-state index contributed by atoms with van der Waals surface area (Å²) in [6, 6.07) is 0.966. The predicted molar refractivity (Wildman–Crippen MR) is 66.3 cm³/mol. The Hall–Kier alpha value is -0.120. The van der Waals surface area contributed by atoms with Crippen molar-refractivity contribution in [3.05, 3.63) is 0 Å². The van der Waals surface area contributed by atoms with Crippen molar-refractivity contribution >= 4 is 0 Å². The van der Waals surface area contributed by atoms with Gasteiger partial charge in [0.15, 0.2) is 0 Å². The Morgan fingerprint density at radius 3 is 2.20 bits per heavy atom. The lowest BCUT2D eigenvalue weighted by Crippen LogP contribution is -2.47. The van der Waals surface area contributed by atoms with E-state index in [9.17, 15) is 0 Å². The molecule has 92 valence electrons. The van der Waals surface area contributed by atoms with E-state index < -0.39 is 0 Å². The van der Waals surface area contributed by atoms with Crippen LogP contribution in [0.5, 0.6) is 0 Å². The number of likely N-dealkylation sites (N-methyl/N-ethyl adjacent to an activating group) is 1. The molecule has 15 heavy (non-hydrogen) atoms. The van der Waals surface area contributed by atoms with Gasteiger partial charge in [0.05, 0.1) is 6.61 Å². The molecule has 0 saturated carbocycles. The molecule has 0 fully saturated rings. The van der Waals surface area contributed by atoms with Crippen molar-refractivity contribution in [2.45, 2.75) is 39.8 Å². The van der Waals surface area contributed by atoms with Crippen LogP contribution in [0, 0.1) is 5.92 Å². The van der Waals surface area contributed by atoms with Crippen molar-refractivity contribution in [1.29, 1.82) is 0 Å².